The maximum atomic E-state index is 13.6. The summed E-state index contributed by atoms with van der Waals surface area (Å²) in [6, 6.07) is 1.84. The van der Waals surface area contributed by atoms with Crippen molar-refractivity contribution in [1.29, 1.82) is 0 Å². The first-order chi connectivity index (χ1) is 7.45. The fourth-order valence-electron chi connectivity index (χ4n) is 1.43. The minimum atomic E-state index is -1.16. The van der Waals surface area contributed by atoms with Crippen LogP contribution in [0.4, 0.5) is 4.39 Å². The van der Waals surface area contributed by atoms with Gasteiger partial charge < -0.3 is 15.6 Å². The molecule has 3 N–H and O–H groups in total. The minimum Gasteiger partial charge on any atom is -0.496 e. The van der Waals surface area contributed by atoms with Crippen molar-refractivity contribution in [3.63, 3.8) is 0 Å². The van der Waals surface area contributed by atoms with Gasteiger partial charge in [0, 0.05) is 12.0 Å². The number of carboxylic acids is 1. The van der Waals surface area contributed by atoms with E-state index in [-0.39, 0.29) is 12.0 Å². The summed E-state index contributed by atoms with van der Waals surface area (Å²) < 4.78 is 18.6. The highest BCUT2D eigenvalue weighted by Crippen LogP contribution is 2.24. The standard InChI is InChI=1S/C11H14FNO3/c1-6-3-8(12)7(10(4-6)16-2)5-9(13)11(14)15/h3-4,9H,5,13H2,1-2H3,(H,14,15). The molecule has 0 heterocycles. The highest BCUT2D eigenvalue weighted by atomic mass is 19.1. The van der Waals surface area contributed by atoms with Gasteiger partial charge in [0.1, 0.15) is 17.6 Å². The van der Waals surface area contributed by atoms with Crippen LogP contribution in [0.1, 0.15) is 11.1 Å². The molecular formula is C11H14FNO3. The van der Waals surface area contributed by atoms with Crippen LogP contribution in [0.3, 0.4) is 0 Å². The van der Waals surface area contributed by atoms with Crippen molar-refractivity contribution in [1.82, 2.24) is 0 Å². The number of halogens is 1. The first-order valence-electron chi connectivity index (χ1n) is 4.77. The van der Waals surface area contributed by atoms with E-state index < -0.39 is 17.8 Å². The third-order valence-corrected chi connectivity index (χ3v) is 2.26. The van der Waals surface area contributed by atoms with E-state index in [4.69, 9.17) is 15.6 Å². The molecule has 0 spiro atoms. The van der Waals surface area contributed by atoms with Crippen LogP contribution in [0.25, 0.3) is 0 Å². The topological polar surface area (TPSA) is 72.5 Å². The van der Waals surface area contributed by atoms with Crippen molar-refractivity contribution in [2.75, 3.05) is 7.11 Å². The number of aliphatic carboxylic acids is 1. The van der Waals surface area contributed by atoms with Crippen LogP contribution < -0.4 is 10.5 Å². The molecular weight excluding hydrogens is 213 g/mol. The third kappa shape index (κ3) is 2.70. The maximum absolute atomic E-state index is 13.6. The third-order valence-electron chi connectivity index (χ3n) is 2.26. The Labute approximate surface area is 92.8 Å². The Hall–Kier alpha value is -1.62. The van der Waals surface area contributed by atoms with Gasteiger partial charge in [0.15, 0.2) is 0 Å². The second kappa shape index (κ2) is 4.94. The lowest BCUT2D eigenvalue weighted by Gasteiger charge is -2.12. The molecule has 1 aromatic rings. The summed E-state index contributed by atoms with van der Waals surface area (Å²) in [7, 11) is 1.41. The SMILES string of the molecule is COc1cc(C)cc(F)c1CC(N)C(=O)O. The van der Waals surface area contributed by atoms with Crippen molar-refractivity contribution in [3.05, 3.63) is 29.1 Å². The minimum absolute atomic E-state index is 0.0926. The molecule has 1 aromatic carbocycles. The molecule has 0 fully saturated rings. The summed E-state index contributed by atoms with van der Waals surface area (Å²) in [5, 5.41) is 8.66. The molecule has 1 rings (SSSR count). The summed E-state index contributed by atoms with van der Waals surface area (Å²) in [6.45, 7) is 1.73. The largest absolute Gasteiger partial charge is 0.496 e. The second-order valence-corrected chi connectivity index (χ2v) is 3.58. The number of aryl methyl sites for hydroxylation is 1. The molecule has 0 aliphatic carbocycles. The number of rotatable bonds is 4. The number of carbonyl (C=O) groups is 1. The van der Waals surface area contributed by atoms with Crippen LogP contribution in [0, 0.1) is 12.7 Å². The Bertz CT molecular complexity index is 406. The molecule has 0 aliphatic rings. The highest BCUT2D eigenvalue weighted by Gasteiger charge is 2.18. The number of nitrogens with two attached hydrogens (primary N) is 1. The van der Waals surface area contributed by atoms with Gasteiger partial charge in [-0.3, -0.25) is 4.79 Å². The summed E-state index contributed by atoms with van der Waals surface area (Å²) >= 11 is 0. The van der Waals surface area contributed by atoms with Gasteiger partial charge in [-0.25, -0.2) is 4.39 Å². The molecule has 88 valence electrons. The second-order valence-electron chi connectivity index (χ2n) is 3.58. The fraction of sp³-hybridized carbons (Fsp3) is 0.364. The quantitative estimate of drug-likeness (QED) is 0.807. The van der Waals surface area contributed by atoms with Gasteiger partial charge in [0.2, 0.25) is 0 Å². The van der Waals surface area contributed by atoms with Gasteiger partial charge in [-0.1, -0.05) is 0 Å². The van der Waals surface area contributed by atoms with Gasteiger partial charge in [-0.2, -0.15) is 0 Å². The monoisotopic (exact) mass is 227 g/mol. The number of methoxy groups -OCH3 is 1. The summed E-state index contributed by atoms with van der Waals surface area (Å²) in [4.78, 5) is 10.6. The molecule has 0 saturated heterocycles. The fourth-order valence-corrected chi connectivity index (χ4v) is 1.43. The maximum Gasteiger partial charge on any atom is 0.320 e. The van der Waals surface area contributed by atoms with Gasteiger partial charge >= 0.3 is 5.97 Å². The van der Waals surface area contributed by atoms with Crippen LogP contribution in [0.15, 0.2) is 12.1 Å². The van der Waals surface area contributed by atoms with E-state index in [0.29, 0.717) is 11.3 Å². The van der Waals surface area contributed by atoms with Crippen molar-refractivity contribution in [2.24, 2.45) is 5.73 Å². The van der Waals surface area contributed by atoms with E-state index in [0.717, 1.165) is 0 Å². The summed E-state index contributed by atoms with van der Waals surface area (Å²) in [6.07, 6.45) is -0.0926. The summed E-state index contributed by atoms with van der Waals surface area (Å²) in [5.41, 5.74) is 6.26. The zero-order chi connectivity index (χ0) is 12.3. The average Bonchev–Trinajstić information content (AvgIpc) is 2.21. The average molecular weight is 227 g/mol. The van der Waals surface area contributed by atoms with E-state index >= 15 is 0 Å². The predicted molar refractivity (Wildman–Crippen MR) is 57.0 cm³/mol. The van der Waals surface area contributed by atoms with Gasteiger partial charge in [0.05, 0.1) is 7.11 Å². The molecule has 0 saturated carbocycles. The molecule has 0 bridgehead atoms. The number of ether oxygens (including phenoxy) is 1. The van der Waals surface area contributed by atoms with Crippen LogP contribution in [0.2, 0.25) is 0 Å². The van der Waals surface area contributed by atoms with Crippen molar-refractivity contribution in [3.8, 4) is 5.75 Å². The molecule has 4 nitrogen and oxygen atoms in total. The molecule has 0 aliphatic heterocycles. The normalized spacial score (nSPS) is 12.2. The van der Waals surface area contributed by atoms with E-state index in [2.05, 4.69) is 0 Å². The van der Waals surface area contributed by atoms with Crippen LogP contribution in [0.5, 0.6) is 5.75 Å². The van der Waals surface area contributed by atoms with E-state index in [1.54, 1.807) is 13.0 Å². The molecule has 5 heteroatoms. The predicted octanol–water partition coefficient (Wildman–Crippen LogP) is 1.10. The Morgan fingerprint density at radius 2 is 2.25 bits per heavy atom. The number of carboxylic acid groups (broad SMARTS) is 1. The molecule has 0 aromatic heterocycles. The van der Waals surface area contributed by atoms with Crippen molar-refractivity contribution in [2.45, 2.75) is 19.4 Å². The van der Waals surface area contributed by atoms with E-state index in [1.165, 1.54) is 13.2 Å². The number of hydrogen-bond donors (Lipinski definition) is 2. The van der Waals surface area contributed by atoms with Gasteiger partial charge in [0.25, 0.3) is 0 Å². The molecule has 0 radical (unpaired) electrons. The Balaban J connectivity index is 3.07. The Morgan fingerprint density at radius 3 is 2.75 bits per heavy atom. The Kier molecular flexibility index (Phi) is 3.84. The van der Waals surface area contributed by atoms with Crippen molar-refractivity contribution < 1.29 is 19.0 Å². The van der Waals surface area contributed by atoms with Crippen LogP contribution in [-0.2, 0) is 11.2 Å². The van der Waals surface area contributed by atoms with Gasteiger partial charge in [-0.15, -0.1) is 0 Å². The first-order valence-corrected chi connectivity index (χ1v) is 4.77. The molecule has 0 amide bonds. The smallest absolute Gasteiger partial charge is 0.320 e. The molecule has 1 unspecified atom stereocenters. The zero-order valence-corrected chi connectivity index (χ0v) is 9.16. The van der Waals surface area contributed by atoms with Crippen molar-refractivity contribution >= 4 is 5.97 Å². The van der Waals surface area contributed by atoms with Crippen LogP contribution in [-0.4, -0.2) is 24.2 Å². The van der Waals surface area contributed by atoms with Crippen LogP contribution >= 0.6 is 0 Å². The van der Waals surface area contributed by atoms with E-state index in [1.807, 2.05) is 0 Å². The highest BCUT2D eigenvalue weighted by molar-refractivity contribution is 5.73. The first kappa shape index (κ1) is 12.4. The van der Waals surface area contributed by atoms with Gasteiger partial charge in [-0.05, 0) is 24.6 Å². The zero-order valence-electron chi connectivity index (χ0n) is 9.16. The summed E-state index contributed by atoms with van der Waals surface area (Å²) in [5.74, 6) is -1.33. The lowest BCUT2D eigenvalue weighted by molar-refractivity contribution is -0.138. The van der Waals surface area contributed by atoms with E-state index in [9.17, 15) is 9.18 Å². The lowest BCUT2D eigenvalue weighted by atomic mass is 10.0. The number of hydrogen-bond acceptors (Lipinski definition) is 3. The molecule has 1 atom stereocenters. The molecule has 16 heavy (non-hydrogen) atoms. The Morgan fingerprint density at radius 1 is 1.62 bits per heavy atom. The number of benzene rings is 1. The lowest BCUT2D eigenvalue weighted by Crippen LogP contribution is -2.32.